The van der Waals surface area contributed by atoms with Gasteiger partial charge in [0, 0.05) is 6.42 Å². The Morgan fingerprint density at radius 1 is 0.402 bits per heavy atom. The van der Waals surface area contributed by atoms with E-state index in [2.05, 4.69) is 43.5 Å². The highest BCUT2D eigenvalue weighted by atomic mass is 16.8. The van der Waals surface area contributed by atoms with Crippen LogP contribution in [0.1, 0.15) is 258 Å². The first-order chi connectivity index (χ1) is 42.3. The molecule has 19 nitrogen and oxygen atoms in total. The van der Waals surface area contributed by atoms with Crippen LogP contribution in [0.4, 0.5) is 0 Å². The fraction of sp³-hybridized carbons (Fsp3) is 0.897. The summed E-state index contributed by atoms with van der Waals surface area (Å²) in [6, 6.07) is -0.992. The second-order valence-corrected chi connectivity index (χ2v) is 25.0. The fourth-order valence-corrected chi connectivity index (χ4v) is 11.7. The van der Waals surface area contributed by atoms with E-state index in [9.17, 15) is 61.0 Å². The van der Waals surface area contributed by atoms with E-state index in [-0.39, 0.29) is 18.9 Å². The number of hydrogen-bond acceptors (Lipinski definition) is 18. The molecule has 0 aromatic carbocycles. The minimum atomic E-state index is -1.98. The minimum absolute atomic E-state index is 0.231. The number of unbranched alkanes of at least 4 members (excludes halogenated alkanes) is 33. The van der Waals surface area contributed by atoms with Gasteiger partial charge in [0.25, 0.3) is 0 Å². The predicted molar refractivity (Wildman–Crippen MR) is 337 cm³/mol. The van der Waals surface area contributed by atoms with Crippen molar-refractivity contribution in [3.05, 3.63) is 36.5 Å². The number of hydrogen-bond donors (Lipinski definition) is 12. The molecule has 3 fully saturated rings. The normalized spacial score (nSPS) is 28.8. The first kappa shape index (κ1) is 79.2. The third-order valence-corrected chi connectivity index (χ3v) is 17.4. The third-order valence-electron chi connectivity index (χ3n) is 17.4. The lowest BCUT2D eigenvalue weighted by Gasteiger charge is -2.48. The first-order valence-corrected chi connectivity index (χ1v) is 34.7. The van der Waals surface area contributed by atoms with Crippen molar-refractivity contribution in [2.45, 2.75) is 362 Å². The molecule has 0 aromatic heterocycles. The second-order valence-electron chi connectivity index (χ2n) is 25.0. The van der Waals surface area contributed by atoms with Gasteiger partial charge in [-0.25, -0.2) is 0 Å². The van der Waals surface area contributed by atoms with Gasteiger partial charge in [0.15, 0.2) is 18.9 Å². The van der Waals surface area contributed by atoms with Crippen molar-refractivity contribution in [1.82, 2.24) is 5.32 Å². The van der Waals surface area contributed by atoms with Gasteiger partial charge in [-0.3, -0.25) is 4.79 Å². The van der Waals surface area contributed by atoms with Crippen molar-refractivity contribution in [3.8, 4) is 0 Å². The van der Waals surface area contributed by atoms with Gasteiger partial charge in [-0.05, 0) is 57.8 Å². The van der Waals surface area contributed by atoms with Crippen molar-refractivity contribution in [1.29, 1.82) is 0 Å². The smallest absolute Gasteiger partial charge is 0.220 e. The summed E-state index contributed by atoms with van der Waals surface area (Å²) < 4.78 is 34.3. The fourth-order valence-electron chi connectivity index (χ4n) is 11.7. The Kier molecular flexibility index (Phi) is 46.0. The number of aliphatic hydroxyl groups is 11. The van der Waals surface area contributed by atoms with Crippen molar-refractivity contribution in [2.24, 2.45) is 0 Å². The quantitative estimate of drug-likeness (QED) is 0.0200. The van der Waals surface area contributed by atoms with Crippen LogP contribution in [0.2, 0.25) is 0 Å². The molecule has 3 heterocycles. The van der Waals surface area contributed by atoms with Gasteiger partial charge in [0.1, 0.15) is 73.2 Å². The standard InChI is InChI=1S/C68H125NO18/c1-3-5-7-9-11-13-15-17-19-21-23-24-25-26-27-28-29-31-33-35-37-39-41-43-45-52(73)51(69-56(74)46-44-42-40-38-36-34-32-30-22-20-18-16-14-12-10-8-6-4-2)50-82-66-62(80)59(77)64(54(48-71)84-66)87-68-63(81)60(78)65(55(49-72)85-68)86-67-61(79)58(76)57(75)53(47-70)83-67/h20,22,35,37,43,45,51-55,57-68,70-73,75-81H,3-19,21,23-34,36,38-42,44,46-50H2,1-2H3,(H,69,74)/b22-20-,37-35+,45-43+. The summed E-state index contributed by atoms with van der Waals surface area (Å²) in [5.41, 5.74) is 0. The Labute approximate surface area is 523 Å². The molecule has 0 bridgehead atoms. The van der Waals surface area contributed by atoms with Gasteiger partial charge in [-0.15, -0.1) is 0 Å². The summed E-state index contributed by atoms with van der Waals surface area (Å²) >= 11 is 0. The van der Waals surface area contributed by atoms with Gasteiger partial charge in [-0.1, -0.05) is 230 Å². The number of nitrogens with one attached hydrogen (secondary N) is 1. The largest absolute Gasteiger partial charge is 0.394 e. The Balaban J connectivity index is 1.46. The van der Waals surface area contributed by atoms with Crippen LogP contribution in [0.5, 0.6) is 0 Å². The highest BCUT2D eigenvalue weighted by Gasteiger charge is 2.53. The molecule has 3 aliphatic rings. The number of carbonyl (C=O) groups excluding carboxylic acids is 1. The van der Waals surface area contributed by atoms with Gasteiger partial charge < -0.3 is 89.9 Å². The maximum atomic E-state index is 13.4. The minimum Gasteiger partial charge on any atom is -0.394 e. The summed E-state index contributed by atoms with van der Waals surface area (Å²) in [6.45, 7) is 1.73. The van der Waals surface area contributed by atoms with Gasteiger partial charge >= 0.3 is 0 Å². The number of allylic oxidation sites excluding steroid dienone is 5. The van der Waals surface area contributed by atoms with Crippen LogP contribution in [-0.2, 0) is 33.2 Å². The molecule has 3 saturated heterocycles. The van der Waals surface area contributed by atoms with Gasteiger partial charge in [0.05, 0.1) is 38.6 Å². The van der Waals surface area contributed by atoms with Crippen LogP contribution < -0.4 is 5.32 Å². The van der Waals surface area contributed by atoms with Crippen LogP contribution in [0.3, 0.4) is 0 Å². The molecule has 12 N–H and O–H groups in total. The van der Waals surface area contributed by atoms with Gasteiger partial charge in [0.2, 0.25) is 5.91 Å². The molecule has 0 aliphatic carbocycles. The zero-order valence-corrected chi connectivity index (χ0v) is 53.8. The van der Waals surface area contributed by atoms with Crippen LogP contribution >= 0.6 is 0 Å². The summed E-state index contributed by atoms with van der Waals surface area (Å²) in [5, 5.41) is 120. The number of aliphatic hydroxyl groups excluding tert-OH is 11. The molecule has 0 saturated carbocycles. The molecule has 17 unspecified atom stereocenters. The Morgan fingerprint density at radius 2 is 0.736 bits per heavy atom. The molecule has 510 valence electrons. The van der Waals surface area contributed by atoms with Crippen LogP contribution in [0.25, 0.3) is 0 Å². The predicted octanol–water partition coefficient (Wildman–Crippen LogP) is 8.83. The van der Waals surface area contributed by atoms with E-state index in [4.69, 9.17) is 28.4 Å². The number of rotatable bonds is 53. The topological polar surface area (TPSA) is 307 Å². The van der Waals surface area contributed by atoms with E-state index in [1.54, 1.807) is 6.08 Å². The van der Waals surface area contributed by atoms with E-state index in [1.165, 1.54) is 173 Å². The Hall–Kier alpha value is -1.99. The van der Waals surface area contributed by atoms with E-state index in [0.29, 0.717) is 12.8 Å². The van der Waals surface area contributed by atoms with Crippen LogP contribution in [-0.4, -0.2) is 193 Å². The molecule has 19 heteroatoms. The van der Waals surface area contributed by atoms with Crippen LogP contribution in [0.15, 0.2) is 36.5 Å². The zero-order chi connectivity index (χ0) is 63.3. The molecular formula is C68H125NO18. The molecule has 0 aromatic rings. The summed E-state index contributed by atoms with van der Waals surface area (Å²) in [6.07, 6.45) is 31.2. The molecule has 17 atom stereocenters. The summed E-state index contributed by atoms with van der Waals surface area (Å²) in [4.78, 5) is 13.4. The molecule has 3 rings (SSSR count). The molecule has 3 aliphatic heterocycles. The first-order valence-electron chi connectivity index (χ1n) is 34.7. The number of ether oxygens (including phenoxy) is 6. The monoisotopic (exact) mass is 1240 g/mol. The van der Waals surface area contributed by atoms with E-state index < -0.39 is 124 Å². The maximum absolute atomic E-state index is 13.4. The highest BCUT2D eigenvalue weighted by Crippen LogP contribution is 2.33. The lowest BCUT2D eigenvalue weighted by Crippen LogP contribution is -2.66. The zero-order valence-electron chi connectivity index (χ0n) is 53.8. The lowest BCUT2D eigenvalue weighted by atomic mass is 9.96. The average molecular weight is 1240 g/mol. The summed E-state index contributed by atoms with van der Waals surface area (Å²) in [5.74, 6) is -0.288. The SMILES string of the molecule is CCCCCCCCC/C=C\CCCCCCCCCC(=O)NC(COC1OC(CO)C(OC2OC(CO)C(OC3OC(CO)C(O)C(O)C3O)C(O)C2O)C(O)C1O)C(O)/C=C/CC/C=C/CCCCCCCCCCCCCCCCCCCC. The average Bonchev–Trinajstić information content (AvgIpc) is 2.36. The van der Waals surface area contributed by atoms with E-state index >= 15 is 0 Å². The number of amides is 1. The molecular weight excluding hydrogens is 1120 g/mol. The van der Waals surface area contributed by atoms with E-state index in [1.807, 2.05) is 6.08 Å². The van der Waals surface area contributed by atoms with Gasteiger partial charge in [-0.2, -0.15) is 0 Å². The highest BCUT2D eigenvalue weighted by molar-refractivity contribution is 5.76. The third kappa shape index (κ3) is 32.9. The van der Waals surface area contributed by atoms with Crippen LogP contribution in [0, 0.1) is 0 Å². The maximum Gasteiger partial charge on any atom is 0.220 e. The molecule has 0 spiro atoms. The lowest BCUT2D eigenvalue weighted by molar-refractivity contribution is -0.379. The van der Waals surface area contributed by atoms with Crippen molar-refractivity contribution in [3.63, 3.8) is 0 Å². The van der Waals surface area contributed by atoms with Crippen molar-refractivity contribution >= 4 is 5.91 Å². The molecule has 87 heavy (non-hydrogen) atoms. The van der Waals surface area contributed by atoms with Crippen molar-refractivity contribution < 1.29 is 89.4 Å². The second kappa shape index (κ2) is 50.6. The molecule has 0 radical (unpaired) electrons. The Morgan fingerprint density at radius 3 is 1.15 bits per heavy atom. The Bertz CT molecular complexity index is 1720. The molecule has 1 amide bonds. The van der Waals surface area contributed by atoms with Crippen molar-refractivity contribution in [2.75, 3.05) is 26.4 Å². The number of carbonyl (C=O) groups is 1. The summed E-state index contributed by atoms with van der Waals surface area (Å²) in [7, 11) is 0. The van der Waals surface area contributed by atoms with E-state index in [0.717, 1.165) is 51.4 Å².